The molecule has 3 aromatic carbocycles. The Balaban J connectivity index is 1.40. The summed E-state index contributed by atoms with van der Waals surface area (Å²) in [6.07, 6.45) is 5.55. The van der Waals surface area contributed by atoms with E-state index >= 15 is 0 Å². The summed E-state index contributed by atoms with van der Waals surface area (Å²) in [5.74, 6) is 1.18. The molecule has 0 bridgehead atoms. The SMILES string of the molecule is C=CCOc1cc(CC=O)cc(OCCCCCOc2ccc3cc(C(=O)O)ccc3c2)c1. The third kappa shape index (κ3) is 7.38. The molecular formula is C27H28O6. The Bertz CT molecular complexity index is 1100. The van der Waals surface area contributed by atoms with Crippen molar-refractivity contribution in [2.75, 3.05) is 19.8 Å². The van der Waals surface area contributed by atoms with Gasteiger partial charge in [0.25, 0.3) is 0 Å². The third-order valence-corrected chi connectivity index (χ3v) is 5.01. The smallest absolute Gasteiger partial charge is 0.335 e. The average molecular weight is 449 g/mol. The monoisotopic (exact) mass is 448 g/mol. The molecular weight excluding hydrogens is 420 g/mol. The number of unbranched alkanes of at least 4 members (excludes halogenated alkanes) is 2. The maximum Gasteiger partial charge on any atom is 0.335 e. The highest BCUT2D eigenvalue weighted by atomic mass is 16.5. The number of carboxylic acid groups (broad SMARTS) is 1. The van der Waals surface area contributed by atoms with Crippen LogP contribution in [0.1, 0.15) is 35.2 Å². The van der Waals surface area contributed by atoms with Crippen LogP contribution in [0.4, 0.5) is 0 Å². The van der Waals surface area contributed by atoms with Crippen LogP contribution in [0.25, 0.3) is 10.8 Å². The first-order chi connectivity index (χ1) is 16.1. The number of benzene rings is 3. The molecule has 0 fully saturated rings. The fraction of sp³-hybridized carbons (Fsp3) is 0.259. The Morgan fingerprint density at radius 1 is 0.818 bits per heavy atom. The van der Waals surface area contributed by atoms with Crippen molar-refractivity contribution >= 4 is 23.0 Å². The maximum absolute atomic E-state index is 11.1. The predicted molar refractivity (Wildman–Crippen MR) is 128 cm³/mol. The van der Waals surface area contributed by atoms with E-state index in [1.807, 2.05) is 36.4 Å². The van der Waals surface area contributed by atoms with Gasteiger partial charge in [0.15, 0.2) is 0 Å². The molecule has 0 heterocycles. The van der Waals surface area contributed by atoms with E-state index in [0.29, 0.717) is 37.7 Å². The van der Waals surface area contributed by atoms with E-state index in [1.165, 1.54) is 0 Å². The number of carbonyl (C=O) groups excluding carboxylic acids is 1. The zero-order chi connectivity index (χ0) is 23.5. The van der Waals surface area contributed by atoms with Crippen molar-refractivity contribution in [1.82, 2.24) is 0 Å². The first-order valence-corrected chi connectivity index (χ1v) is 10.9. The molecule has 1 N–H and O–H groups in total. The van der Waals surface area contributed by atoms with Gasteiger partial charge in [-0.1, -0.05) is 24.8 Å². The molecule has 0 unspecified atom stereocenters. The minimum Gasteiger partial charge on any atom is -0.494 e. The highest BCUT2D eigenvalue weighted by Crippen LogP contribution is 2.24. The summed E-state index contributed by atoms with van der Waals surface area (Å²) in [6.45, 7) is 5.19. The molecule has 6 nitrogen and oxygen atoms in total. The minimum absolute atomic E-state index is 0.273. The first-order valence-electron chi connectivity index (χ1n) is 10.9. The van der Waals surface area contributed by atoms with Gasteiger partial charge < -0.3 is 24.1 Å². The summed E-state index contributed by atoms with van der Waals surface area (Å²) in [7, 11) is 0. The van der Waals surface area contributed by atoms with Crippen molar-refractivity contribution < 1.29 is 28.9 Å². The van der Waals surface area contributed by atoms with E-state index in [2.05, 4.69) is 6.58 Å². The molecule has 0 radical (unpaired) electrons. The lowest BCUT2D eigenvalue weighted by Crippen LogP contribution is -2.02. The first kappa shape index (κ1) is 23.9. The van der Waals surface area contributed by atoms with Gasteiger partial charge in [-0.05, 0) is 72.0 Å². The van der Waals surface area contributed by atoms with Gasteiger partial charge in [0.05, 0.1) is 18.8 Å². The van der Waals surface area contributed by atoms with Gasteiger partial charge >= 0.3 is 5.97 Å². The molecule has 0 aliphatic heterocycles. The van der Waals surface area contributed by atoms with Crippen LogP contribution in [0, 0.1) is 0 Å². The van der Waals surface area contributed by atoms with Gasteiger partial charge in [0.2, 0.25) is 0 Å². The number of ether oxygens (including phenoxy) is 3. The standard InChI is InChI=1S/C27H28O6/c1-2-12-31-25-15-20(10-11-28)16-26(19-25)33-14-5-3-4-13-32-24-9-8-21-17-23(27(29)30)7-6-22(21)18-24/h2,6-9,11,15-19H,1,3-5,10,12-14H2,(H,29,30). The normalized spacial score (nSPS) is 10.5. The highest BCUT2D eigenvalue weighted by Gasteiger charge is 2.05. The number of carboxylic acids is 1. The topological polar surface area (TPSA) is 82.1 Å². The Kier molecular flexibility index (Phi) is 8.88. The van der Waals surface area contributed by atoms with Crippen molar-refractivity contribution in [3.8, 4) is 17.2 Å². The summed E-state index contributed by atoms with van der Waals surface area (Å²) in [4.78, 5) is 21.9. The molecule has 0 saturated carbocycles. The molecule has 0 atom stereocenters. The second-order valence-corrected chi connectivity index (χ2v) is 7.57. The molecule has 0 amide bonds. The lowest BCUT2D eigenvalue weighted by atomic mass is 10.1. The average Bonchev–Trinajstić information content (AvgIpc) is 2.81. The molecule has 0 saturated heterocycles. The van der Waals surface area contributed by atoms with E-state index in [1.54, 1.807) is 24.3 Å². The fourth-order valence-corrected chi connectivity index (χ4v) is 3.37. The Hall–Kier alpha value is -3.80. The molecule has 172 valence electrons. The van der Waals surface area contributed by atoms with Crippen molar-refractivity contribution in [2.45, 2.75) is 25.7 Å². The zero-order valence-electron chi connectivity index (χ0n) is 18.5. The Morgan fingerprint density at radius 2 is 1.48 bits per heavy atom. The molecule has 0 aliphatic rings. The molecule has 3 rings (SSSR count). The number of aromatic carboxylic acids is 1. The van der Waals surface area contributed by atoms with Crippen LogP contribution in [0.5, 0.6) is 17.2 Å². The molecule has 0 aliphatic carbocycles. The predicted octanol–water partition coefficient (Wildman–Crippen LogP) is 5.47. The summed E-state index contributed by atoms with van der Waals surface area (Å²) in [5.41, 5.74) is 1.12. The molecule has 0 spiro atoms. The van der Waals surface area contributed by atoms with Crippen LogP contribution in [0.15, 0.2) is 67.3 Å². The Morgan fingerprint density at radius 3 is 2.18 bits per heavy atom. The zero-order valence-corrected chi connectivity index (χ0v) is 18.5. The van der Waals surface area contributed by atoms with E-state index in [0.717, 1.165) is 47.6 Å². The van der Waals surface area contributed by atoms with Gasteiger partial charge in [0.1, 0.15) is 30.1 Å². The molecule has 6 heteroatoms. The molecule has 33 heavy (non-hydrogen) atoms. The quantitative estimate of drug-likeness (QED) is 0.200. The maximum atomic E-state index is 11.1. The number of hydrogen-bond donors (Lipinski definition) is 1. The van der Waals surface area contributed by atoms with Crippen molar-refractivity contribution in [1.29, 1.82) is 0 Å². The van der Waals surface area contributed by atoms with Gasteiger partial charge in [-0.2, -0.15) is 0 Å². The van der Waals surface area contributed by atoms with Crippen LogP contribution in [-0.4, -0.2) is 37.2 Å². The Labute approximate surface area is 193 Å². The second-order valence-electron chi connectivity index (χ2n) is 7.57. The molecule has 3 aromatic rings. The lowest BCUT2D eigenvalue weighted by Gasteiger charge is -2.11. The summed E-state index contributed by atoms with van der Waals surface area (Å²) in [6, 6.07) is 16.2. The van der Waals surface area contributed by atoms with Gasteiger partial charge in [-0.25, -0.2) is 4.79 Å². The second kappa shape index (κ2) is 12.3. The number of rotatable bonds is 14. The number of carbonyl (C=O) groups is 2. The fourth-order valence-electron chi connectivity index (χ4n) is 3.37. The summed E-state index contributed by atoms with van der Waals surface area (Å²) < 4.78 is 17.3. The lowest BCUT2D eigenvalue weighted by molar-refractivity contribution is -0.107. The third-order valence-electron chi connectivity index (χ3n) is 5.01. The van der Waals surface area contributed by atoms with Crippen LogP contribution in [0.3, 0.4) is 0 Å². The molecule has 0 aromatic heterocycles. The van der Waals surface area contributed by atoms with Crippen LogP contribution in [0.2, 0.25) is 0 Å². The van der Waals surface area contributed by atoms with Gasteiger partial charge in [-0.3, -0.25) is 0 Å². The minimum atomic E-state index is -0.934. The van der Waals surface area contributed by atoms with Crippen LogP contribution >= 0.6 is 0 Å². The van der Waals surface area contributed by atoms with Crippen molar-refractivity contribution in [3.63, 3.8) is 0 Å². The van der Waals surface area contributed by atoms with Gasteiger partial charge in [0, 0.05) is 12.5 Å². The van der Waals surface area contributed by atoms with Gasteiger partial charge in [-0.15, -0.1) is 0 Å². The largest absolute Gasteiger partial charge is 0.494 e. The van der Waals surface area contributed by atoms with Crippen molar-refractivity contribution in [2.24, 2.45) is 0 Å². The van der Waals surface area contributed by atoms with E-state index in [4.69, 9.17) is 19.3 Å². The number of hydrogen-bond acceptors (Lipinski definition) is 5. The van der Waals surface area contributed by atoms with Crippen LogP contribution < -0.4 is 14.2 Å². The highest BCUT2D eigenvalue weighted by molar-refractivity contribution is 5.94. The van der Waals surface area contributed by atoms with E-state index in [-0.39, 0.29) is 5.56 Å². The number of fused-ring (bicyclic) bond motifs is 1. The summed E-state index contributed by atoms with van der Waals surface area (Å²) in [5, 5.41) is 10.9. The summed E-state index contributed by atoms with van der Waals surface area (Å²) >= 11 is 0. The number of aldehydes is 1. The van der Waals surface area contributed by atoms with E-state index in [9.17, 15) is 9.59 Å². The van der Waals surface area contributed by atoms with Crippen molar-refractivity contribution in [3.05, 3.63) is 78.4 Å². The van der Waals surface area contributed by atoms with Crippen LogP contribution in [-0.2, 0) is 11.2 Å². The van der Waals surface area contributed by atoms with E-state index < -0.39 is 5.97 Å².